The summed E-state index contributed by atoms with van der Waals surface area (Å²) >= 11 is 6.24. The minimum atomic E-state index is 0.502. The number of pyridine rings is 1. The van der Waals surface area contributed by atoms with Gasteiger partial charge in [-0.3, -0.25) is 0 Å². The number of aromatic nitrogens is 1. The Bertz CT molecular complexity index is 600. The van der Waals surface area contributed by atoms with Gasteiger partial charge in [-0.15, -0.1) is 0 Å². The molecule has 1 aromatic carbocycles. The van der Waals surface area contributed by atoms with Crippen LogP contribution in [-0.4, -0.2) is 10.1 Å². The summed E-state index contributed by atoms with van der Waals surface area (Å²) < 4.78 is 0. The molecule has 0 aliphatic heterocycles. The molecule has 2 nitrogen and oxygen atoms in total. The number of hydrogen-bond acceptors (Lipinski definition) is 4. The summed E-state index contributed by atoms with van der Waals surface area (Å²) in [7, 11) is 0. The van der Waals surface area contributed by atoms with Crippen molar-refractivity contribution in [3.8, 4) is 0 Å². The van der Waals surface area contributed by atoms with Crippen LogP contribution in [0, 0.1) is 0 Å². The van der Waals surface area contributed by atoms with E-state index in [1.165, 1.54) is 10.5 Å². The first-order chi connectivity index (χ1) is 9.20. The molecule has 96 valence electrons. The predicted molar refractivity (Wildman–Crippen MR) is 83.6 cm³/mol. The second-order valence-electron chi connectivity index (χ2n) is 4.35. The van der Waals surface area contributed by atoms with Crippen LogP contribution in [0.25, 0.3) is 0 Å². The average Bonchev–Trinajstić information content (AvgIpc) is 2.42. The highest BCUT2D eigenvalue weighted by Gasteiger charge is 2.07. The maximum absolute atomic E-state index is 4.57. The molecule has 1 heterocycles. The van der Waals surface area contributed by atoms with Crippen molar-refractivity contribution in [3.63, 3.8) is 0 Å². The number of isothiocyanates is 1. The zero-order valence-electron chi connectivity index (χ0n) is 10.8. The van der Waals surface area contributed by atoms with Gasteiger partial charge in [-0.05, 0) is 41.9 Å². The number of benzene rings is 1. The molecule has 0 saturated heterocycles. The van der Waals surface area contributed by atoms with Crippen molar-refractivity contribution in [2.75, 3.05) is 0 Å². The lowest BCUT2D eigenvalue weighted by atomic mass is 10.0. The third kappa shape index (κ3) is 3.74. The molecule has 0 saturated carbocycles. The number of thiocarbonyl (C=S) groups is 1. The molecule has 0 radical (unpaired) electrons. The largest absolute Gasteiger partial charge is 0.247 e. The number of nitrogens with zero attached hydrogens (tertiary/aromatic N) is 2. The van der Waals surface area contributed by atoms with Crippen LogP contribution in [0.3, 0.4) is 0 Å². The highest BCUT2D eigenvalue weighted by Crippen LogP contribution is 2.33. The fourth-order valence-electron chi connectivity index (χ4n) is 1.71. The Balaban J connectivity index is 2.23. The molecule has 0 N–H and O–H groups in total. The van der Waals surface area contributed by atoms with Crippen molar-refractivity contribution in [1.29, 1.82) is 0 Å². The van der Waals surface area contributed by atoms with Crippen molar-refractivity contribution in [2.45, 2.75) is 29.7 Å². The third-order valence-electron chi connectivity index (χ3n) is 2.65. The smallest absolute Gasteiger partial charge is 0.101 e. The van der Waals surface area contributed by atoms with Gasteiger partial charge in [0.2, 0.25) is 0 Å². The molecule has 4 heteroatoms. The van der Waals surface area contributed by atoms with E-state index < -0.39 is 0 Å². The van der Waals surface area contributed by atoms with Crippen LogP contribution in [0.15, 0.2) is 57.5 Å². The van der Waals surface area contributed by atoms with Crippen molar-refractivity contribution >= 4 is 34.8 Å². The summed E-state index contributed by atoms with van der Waals surface area (Å²) in [5, 5.41) is 3.29. The summed E-state index contributed by atoms with van der Waals surface area (Å²) in [5.41, 5.74) is 2.08. The first kappa shape index (κ1) is 13.9. The molecule has 0 spiro atoms. The minimum absolute atomic E-state index is 0.502. The fourth-order valence-corrected chi connectivity index (χ4v) is 2.86. The Morgan fingerprint density at radius 1 is 1.21 bits per heavy atom. The van der Waals surface area contributed by atoms with Crippen LogP contribution in [-0.2, 0) is 0 Å². The number of rotatable bonds is 4. The summed E-state index contributed by atoms with van der Waals surface area (Å²) in [6.07, 6.45) is 1.71. The second-order valence-corrected chi connectivity index (χ2v) is 5.60. The highest BCUT2D eigenvalue weighted by molar-refractivity contribution is 7.99. The van der Waals surface area contributed by atoms with Crippen LogP contribution in [0.4, 0.5) is 5.69 Å². The van der Waals surface area contributed by atoms with Crippen LogP contribution in [0.1, 0.15) is 25.3 Å². The number of hydrogen-bond donors (Lipinski definition) is 0. The molecule has 0 aliphatic rings. The SMILES string of the molecule is CC(C)c1ccccc1Sc1ccc(N=C=S)cn1. The Morgan fingerprint density at radius 2 is 2.00 bits per heavy atom. The van der Waals surface area contributed by atoms with Gasteiger partial charge in [0, 0.05) is 4.90 Å². The van der Waals surface area contributed by atoms with E-state index in [4.69, 9.17) is 0 Å². The molecule has 2 aromatic rings. The van der Waals surface area contributed by atoms with Gasteiger partial charge in [0.1, 0.15) is 5.03 Å². The van der Waals surface area contributed by atoms with Gasteiger partial charge in [-0.2, -0.15) is 4.99 Å². The molecule has 2 rings (SSSR count). The quantitative estimate of drug-likeness (QED) is 0.578. The third-order valence-corrected chi connectivity index (χ3v) is 3.78. The summed E-state index contributed by atoms with van der Waals surface area (Å²) in [6, 6.07) is 12.3. The van der Waals surface area contributed by atoms with E-state index in [9.17, 15) is 0 Å². The van der Waals surface area contributed by atoms with Gasteiger partial charge >= 0.3 is 0 Å². The van der Waals surface area contributed by atoms with Gasteiger partial charge in [-0.25, -0.2) is 4.98 Å². The Hall–Kier alpha value is -1.48. The van der Waals surface area contributed by atoms with E-state index in [-0.39, 0.29) is 0 Å². The van der Waals surface area contributed by atoms with Crippen LogP contribution in [0.2, 0.25) is 0 Å². The van der Waals surface area contributed by atoms with Crippen molar-refractivity contribution in [1.82, 2.24) is 4.98 Å². The van der Waals surface area contributed by atoms with Crippen LogP contribution >= 0.6 is 24.0 Å². The lowest BCUT2D eigenvalue weighted by Gasteiger charge is -2.11. The Morgan fingerprint density at radius 3 is 2.63 bits per heavy atom. The maximum atomic E-state index is 4.57. The normalized spacial score (nSPS) is 10.3. The Labute approximate surface area is 123 Å². The van der Waals surface area contributed by atoms with E-state index in [2.05, 4.69) is 65.5 Å². The summed E-state index contributed by atoms with van der Waals surface area (Å²) in [6.45, 7) is 4.40. The summed E-state index contributed by atoms with van der Waals surface area (Å²) in [5.74, 6) is 0.502. The molecular formula is C15H14N2S2. The van der Waals surface area contributed by atoms with E-state index in [1.807, 2.05) is 12.1 Å². The monoisotopic (exact) mass is 286 g/mol. The van der Waals surface area contributed by atoms with E-state index in [0.29, 0.717) is 5.92 Å². The van der Waals surface area contributed by atoms with Gasteiger partial charge in [0.15, 0.2) is 0 Å². The highest BCUT2D eigenvalue weighted by atomic mass is 32.2. The van der Waals surface area contributed by atoms with E-state index >= 15 is 0 Å². The molecule has 0 bridgehead atoms. The van der Waals surface area contributed by atoms with Gasteiger partial charge < -0.3 is 0 Å². The first-order valence-electron chi connectivity index (χ1n) is 6.01. The molecule has 0 amide bonds. The molecule has 1 aromatic heterocycles. The van der Waals surface area contributed by atoms with Crippen molar-refractivity contribution in [2.24, 2.45) is 4.99 Å². The molecular weight excluding hydrogens is 272 g/mol. The predicted octanol–water partition coefficient (Wildman–Crippen LogP) is 5.09. The molecule has 19 heavy (non-hydrogen) atoms. The lowest BCUT2D eigenvalue weighted by molar-refractivity contribution is 0.842. The maximum Gasteiger partial charge on any atom is 0.101 e. The fraction of sp³-hybridized carbons (Fsp3) is 0.200. The standard InChI is InChI=1S/C15H14N2S2/c1-11(2)13-5-3-4-6-14(13)19-15-8-7-12(9-16-15)17-10-18/h3-9,11H,1-2H3. The average molecular weight is 286 g/mol. The van der Waals surface area contributed by atoms with Gasteiger partial charge in [-0.1, -0.05) is 43.8 Å². The minimum Gasteiger partial charge on any atom is -0.247 e. The van der Waals surface area contributed by atoms with Gasteiger partial charge in [0.25, 0.3) is 0 Å². The second kappa shape index (κ2) is 6.62. The first-order valence-corrected chi connectivity index (χ1v) is 7.24. The van der Waals surface area contributed by atoms with Crippen molar-refractivity contribution in [3.05, 3.63) is 48.2 Å². The topological polar surface area (TPSA) is 25.2 Å². The zero-order chi connectivity index (χ0) is 13.7. The molecule has 0 aliphatic carbocycles. The van der Waals surface area contributed by atoms with Crippen LogP contribution in [0.5, 0.6) is 0 Å². The molecule has 0 unspecified atom stereocenters. The Kier molecular flexibility index (Phi) is 4.86. The van der Waals surface area contributed by atoms with Crippen molar-refractivity contribution < 1.29 is 0 Å². The lowest BCUT2D eigenvalue weighted by Crippen LogP contribution is -1.90. The summed E-state index contributed by atoms with van der Waals surface area (Å²) in [4.78, 5) is 9.52. The van der Waals surface area contributed by atoms with Gasteiger partial charge in [0.05, 0.1) is 17.0 Å². The van der Waals surface area contributed by atoms with Crippen LogP contribution < -0.4 is 0 Å². The number of aliphatic imine (C=N–C) groups is 1. The molecule has 0 fully saturated rings. The van der Waals surface area contributed by atoms with E-state index in [0.717, 1.165) is 10.7 Å². The van der Waals surface area contributed by atoms with E-state index in [1.54, 1.807) is 18.0 Å². The molecule has 0 atom stereocenters. The zero-order valence-corrected chi connectivity index (χ0v) is 12.5.